The lowest BCUT2D eigenvalue weighted by Gasteiger charge is -2.17. The molecule has 6 heteroatoms. The normalized spacial score (nSPS) is 8.76. The van der Waals surface area contributed by atoms with E-state index in [0.717, 1.165) is 49.9 Å². The average Bonchev–Trinajstić information content (AvgIpc) is 2.59. The van der Waals surface area contributed by atoms with E-state index in [2.05, 4.69) is 23.8 Å². The van der Waals surface area contributed by atoms with Crippen molar-refractivity contribution in [1.29, 1.82) is 0 Å². The fraction of sp³-hybridized carbons (Fsp3) is 0.526. The summed E-state index contributed by atoms with van der Waals surface area (Å²) >= 11 is 5.88. The van der Waals surface area contributed by atoms with Gasteiger partial charge < -0.3 is 10.0 Å². The van der Waals surface area contributed by atoms with Gasteiger partial charge in [-0.25, -0.2) is 0 Å². The Bertz CT molecular complexity index is 542. The topological polar surface area (TPSA) is 64.6 Å². The Morgan fingerprint density at radius 3 is 2.36 bits per heavy atom. The molecule has 1 rings (SSSR count). The van der Waals surface area contributed by atoms with Gasteiger partial charge in [-0.15, -0.1) is 0 Å². The molecule has 0 spiro atoms. The van der Waals surface area contributed by atoms with Crippen molar-refractivity contribution < 1.29 is 9.90 Å². The maximum absolute atomic E-state index is 10.8. The van der Waals surface area contributed by atoms with Gasteiger partial charge >= 0.3 is 0 Å². The van der Waals surface area contributed by atoms with E-state index in [9.17, 15) is 4.79 Å². The number of benzene rings is 1. The number of nitrogens with zero attached hydrogens (tertiary/aromatic N) is 1. The summed E-state index contributed by atoms with van der Waals surface area (Å²) in [6.45, 7) is 11.5. The van der Waals surface area contributed by atoms with Crippen LogP contribution in [-0.4, -0.2) is 36.1 Å². The van der Waals surface area contributed by atoms with Crippen LogP contribution in [0.3, 0.4) is 0 Å². The number of aliphatic hydroxyl groups excluding tert-OH is 1. The molecule has 5 nitrogen and oxygen atoms in total. The van der Waals surface area contributed by atoms with Crippen LogP contribution < -0.4 is 10.9 Å². The second-order valence-electron chi connectivity index (χ2n) is 5.24. The number of terminal acetylenes is 1. The molecule has 0 heterocycles. The fourth-order valence-electron chi connectivity index (χ4n) is 1.94. The Balaban J connectivity index is 0. The van der Waals surface area contributed by atoms with Gasteiger partial charge in [-0.1, -0.05) is 31.4 Å². The molecule has 0 atom stereocenters. The number of rotatable bonds is 6. The second kappa shape index (κ2) is 15.6. The van der Waals surface area contributed by atoms with Crippen LogP contribution >= 0.6 is 11.6 Å². The van der Waals surface area contributed by atoms with Gasteiger partial charge in [0.25, 0.3) is 0 Å². The molecule has 0 aliphatic rings. The Kier molecular flexibility index (Phi) is 15.8. The lowest BCUT2D eigenvalue weighted by molar-refractivity contribution is -0.128. The van der Waals surface area contributed by atoms with E-state index in [4.69, 9.17) is 23.1 Å². The first-order chi connectivity index (χ1) is 11.9. The van der Waals surface area contributed by atoms with E-state index in [1.165, 1.54) is 0 Å². The maximum Gasteiger partial charge on any atom is 0.219 e. The van der Waals surface area contributed by atoms with Crippen LogP contribution in [0.4, 0.5) is 5.69 Å². The van der Waals surface area contributed by atoms with Gasteiger partial charge in [-0.05, 0) is 50.5 Å². The minimum Gasteiger partial charge on any atom is -0.400 e. The highest BCUT2D eigenvalue weighted by Crippen LogP contribution is 2.23. The third kappa shape index (κ3) is 11.3. The van der Waals surface area contributed by atoms with Gasteiger partial charge in [0, 0.05) is 38.2 Å². The number of aliphatic hydroxyl groups is 1. The number of amides is 1. The SMILES string of the molecule is C#CNNc1cc(Cl)cc(C)c1C.CCCCN(CC)C(C)=O.CO. The van der Waals surface area contributed by atoms with E-state index in [1.54, 1.807) is 6.92 Å². The van der Waals surface area contributed by atoms with Crippen molar-refractivity contribution >= 4 is 23.2 Å². The zero-order valence-corrected chi connectivity index (χ0v) is 17.0. The molecule has 0 bridgehead atoms. The summed E-state index contributed by atoms with van der Waals surface area (Å²) in [6.07, 6.45) is 7.32. The first-order valence-corrected chi connectivity index (χ1v) is 8.68. The van der Waals surface area contributed by atoms with E-state index >= 15 is 0 Å². The largest absolute Gasteiger partial charge is 0.400 e. The average molecular weight is 370 g/mol. The molecule has 3 N–H and O–H groups in total. The predicted molar refractivity (Wildman–Crippen MR) is 107 cm³/mol. The van der Waals surface area contributed by atoms with Crippen LogP contribution in [0, 0.1) is 26.3 Å². The lowest BCUT2D eigenvalue weighted by atomic mass is 10.1. The fourth-order valence-corrected chi connectivity index (χ4v) is 2.21. The number of nitrogens with one attached hydrogen (secondary N) is 2. The molecular formula is C19H32ClN3O2. The van der Waals surface area contributed by atoms with Crippen LogP contribution in [0.2, 0.25) is 5.02 Å². The number of aryl methyl sites for hydroxylation is 1. The molecule has 25 heavy (non-hydrogen) atoms. The number of unbranched alkanes of at least 4 members (excludes halogenated alkanes) is 1. The first-order valence-electron chi connectivity index (χ1n) is 8.30. The predicted octanol–water partition coefficient (Wildman–Crippen LogP) is 3.73. The molecule has 0 aromatic heterocycles. The smallest absolute Gasteiger partial charge is 0.219 e. The Labute approximate surface area is 157 Å². The summed E-state index contributed by atoms with van der Waals surface area (Å²) in [7, 11) is 1.00. The summed E-state index contributed by atoms with van der Waals surface area (Å²) in [5.74, 6) is 0.191. The quantitative estimate of drug-likeness (QED) is 0.406. The van der Waals surface area contributed by atoms with E-state index in [0.29, 0.717) is 5.02 Å². The number of halogens is 1. The first kappa shape index (κ1) is 25.3. The van der Waals surface area contributed by atoms with Crippen LogP contribution in [0.25, 0.3) is 0 Å². The molecule has 0 saturated heterocycles. The van der Waals surface area contributed by atoms with Crippen molar-refractivity contribution in [3.05, 3.63) is 28.3 Å². The third-order valence-electron chi connectivity index (χ3n) is 3.51. The molecule has 142 valence electrons. The van der Waals surface area contributed by atoms with Crippen molar-refractivity contribution in [3.8, 4) is 12.5 Å². The van der Waals surface area contributed by atoms with Gasteiger partial charge in [0.2, 0.25) is 5.91 Å². The highest BCUT2D eigenvalue weighted by atomic mass is 35.5. The molecule has 0 saturated carbocycles. The molecule has 1 aromatic rings. The van der Waals surface area contributed by atoms with Crippen molar-refractivity contribution in [3.63, 3.8) is 0 Å². The van der Waals surface area contributed by atoms with Crippen LogP contribution in [0.15, 0.2) is 12.1 Å². The lowest BCUT2D eigenvalue weighted by Crippen LogP contribution is -2.29. The molecule has 0 unspecified atom stereocenters. The molecule has 1 aromatic carbocycles. The van der Waals surface area contributed by atoms with Crippen LogP contribution in [-0.2, 0) is 4.79 Å². The van der Waals surface area contributed by atoms with Crippen LogP contribution in [0.1, 0.15) is 44.7 Å². The molecule has 0 aliphatic carbocycles. The number of hydrazine groups is 1. The van der Waals surface area contributed by atoms with Crippen molar-refractivity contribution in [2.45, 2.75) is 47.5 Å². The van der Waals surface area contributed by atoms with Gasteiger partial charge in [0.1, 0.15) is 0 Å². The molecule has 0 aliphatic heterocycles. The monoisotopic (exact) mass is 369 g/mol. The minimum absolute atomic E-state index is 0.191. The molecule has 0 radical (unpaired) electrons. The zero-order chi connectivity index (χ0) is 19.8. The third-order valence-corrected chi connectivity index (χ3v) is 3.73. The highest BCUT2D eigenvalue weighted by Gasteiger charge is 2.03. The Morgan fingerprint density at radius 1 is 1.32 bits per heavy atom. The maximum atomic E-state index is 10.8. The van der Waals surface area contributed by atoms with Crippen molar-refractivity contribution in [2.24, 2.45) is 0 Å². The second-order valence-corrected chi connectivity index (χ2v) is 5.68. The number of hydrogen-bond donors (Lipinski definition) is 3. The summed E-state index contributed by atoms with van der Waals surface area (Å²) in [4.78, 5) is 12.7. The summed E-state index contributed by atoms with van der Waals surface area (Å²) in [6, 6.07) is 6.02. The van der Waals surface area contributed by atoms with Gasteiger partial charge in [0.05, 0.1) is 5.69 Å². The van der Waals surface area contributed by atoms with E-state index in [-0.39, 0.29) is 5.91 Å². The standard InChI is InChI=1S/C10H11ClN2.C8H17NO.CH4O/c1-4-12-13-10-6-9(11)5-7(2)8(10)3;1-4-6-7-9(5-2)8(3)10;1-2/h1,5-6,12-13H,2-3H3;4-7H2,1-3H3;2H,1H3. The summed E-state index contributed by atoms with van der Waals surface area (Å²) < 4.78 is 0. The molecule has 0 fully saturated rings. The van der Waals surface area contributed by atoms with Crippen LogP contribution in [0.5, 0.6) is 0 Å². The minimum atomic E-state index is 0.191. The van der Waals surface area contributed by atoms with Crippen molar-refractivity contribution in [1.82, 2.24) is 10.3 Å². The van der Waals surface area contributed by atoms with Gasteiger partial charge in [-0.3, -0.25) is 15.6 Å². The Hall–Kier alpha value is -1.90. The van der Waals surface area contributed by atoms with Gasteiger partial charge in [0.15, 0.2) is 0 Å². The number of carbonyl (C=O) groups excluding carboxylic acids is 1. The summed E-state index contributed by atoms with van der Waals surface area (Å²) in [5.41, 5.74) is 8.62. The molecular weight excluding hydrogens is 338 g/mol. The zero-order valence-electron chi connectivity index (χ0n) is 16.2. The van der Waals surface area contributed by atoms with Crippen molar-refractivity contribution in [2.75, 3.05) is 25.6 Å². The number of anilines is 1. The van der Waals surface area contributed by atoms with Gasteiger partial charge in [-0.2, -0.15) is 0 Å². The molecule has 1 amide bonds. The summed E-state index contributed by atoms with van der Waals surface area (Å²) in [5, 5.41) is 7.70. The highest BCUT2D eigenvalue weighted by molar-refractivity contribution is 6.31. The number of carbonyl (C=O) groups is 1. The van der Waals surface area contributed by atoms with E-state index < -0.39 is 0 Å². The number of hydrogen-bond acceptors (Lipinski definition) is 4. The van der Waals surface area contributed by atoms with E-state index in [1.807, 2.05) is 37.8 Å². The Morgan fingerprint density at radius 2 is 1.92 bits per heavy atom.